The summed E-state index contributed by atoms with van der Waals surface area (Å²) in [6.07, 6.45) is -0.0347. The fraction of sp³-hybridized carbons (Fsp3) is 0.217. The lowest BCUT2D eigenvalue weighted by atomic mass is 10.1. The fourth-order valence-corrected chi connectivity index (χ4v) is 4.64. The van der Waals surface area contributed by atoms with Gasteiger partial charge in [-0.05, 0) is 66.6 Å². The van der Waals surface area contributed by atoms with Gasteiger partial charge in [-0.3, -0.25) is 0 Å². The lowest BCUT2D eigenvalue weighted by Crippen LogP contribution is -2.23. The number of benzene rings is 3. The molecule has 3 aromatic rings. The van der Waals surface area contributed by atoms with E-state index in [1.54, 1.807) is 54.6 Å². The van der Waals surface area contributed by atoms with Gasteiger partial charge >= 0.3 is 0 Å². The molecule has 0 spiro atoms. The molecule has 0 unspecified atom stereocenters. The number of halogens is 1. The Bertz CT molecular complexity index is 1100. The second-order valence-corrected chi connectivity index (χ2v) is 9.24. The summed E-state index contributed by atoms with van der Waals surface area (Å²) in [6, 6.07) is 20.5. The fourth-order valence-electron chi connectivity index (χ4n) is 3.08. The maximum Gasteiger partial charge on any atom is 0.206 e. The molecule has 0 heterocycles. The molecule has 0 aromatic heterocycles. The Morgan fingerprint density at radius 1 is 1.00 bits per heavy atom. The van der Waals surface area contributed by atoms with Crippen LogP contribution in [0.5, 0.6) is 5.75 Å². The first-order chi connectivity index (χ1) is 14.4. The minimum absolute atomic E-state index is 0.196. The van der Waals surface area contributed by atoms with Gasteiger partial charge < -0.3 is 15.2 Å². The molecule has 0 bridgehead atoms. The Hall–Kier alpha value is -2.38. The first kappa shape index (κ1) is 22.3. The van der Waals surface area contributed by atoms with E-state index in [-0.39, 0.29) is 9.79 Å². The highest BCUT2D eigenvalue weighted by Gasteiger charge is 2.18. The van der Waals surface area contributed by atoms with E-state index in [0.717, 1.165) is 11.1 Å². The highest BCUT2D eigenvalue weighted by Crippen LogP contribution is 2.25. The number of hydrogen-bond acceptors (Lipinski definition) is 5. The summed E-state index contributed by atoms with van der Waals surface area (Å²) in [4.78, 5) is 0.439. The van der Waals surface area contributed by atoms with Crippen molar-refractivity contribution in [1.82, 2.24) is 5.32 Å². The second-order valence-electron chi connectivity index (χ2n) is 6.85. The molecule has 3 aromatic carbocycles. The van der Waals surface area contributed by atoms with Crippen molar-refractivity contribution in [2.75, 3.05) is 20.2 Å². The van der Waals surface area contributed by atoms with Crippen LogP contribution < -0.4 is 10.1 Å². The first-order valence-corrected chi connectivity index (χ1v) is 11.4. The van der Waals surface area contributed by atoms with Crippen LogP contribution in [0.2, 0.25) is 5.02 Å². The summed E-state index contributed by atoms with van der Waals surface area (Å²) >= 11 is 5.96. The lowest BCUT2D eigenvalue weighted by molar-refractivity contribution is 0.175. The van der Waals surface area contributed by atoms with Gasteiger partial charge in [0.2, 0.25) is 9.84 Å². The maximum absolute atomic E-state index is 12.9. The SMILES string of the molecule is COc1cccc(S(=O)(=O)c2cccc(CCNC[C@H](O)c3cccc(Cl)c3)c2)c1. The van der Waals surface area contributed by atoms with E-state index in [4.69, 9.17) is 16.3 Å². The summed E-state index contributed by atoms with van der Waals surface area (Å²) in [6.45, 7) is 0.975. The number of hydrogen-bond donors (Lipinski definition) is 2. The number of sulfone groups is 1. The molecular weight excluding hydrogens is 422 g/mol. The predicted octanol–water partition coefficient (Wildman–Crippen LogP) is 4.05. The molecule has 0 saturated heterocycles. The zero-order chi connectivity index (χ0) is 21.6. The van der Waals surface area contributed by atoms with Crippen molar-refractivity contribution in [3.05, 3.63) is 88.9 Å². The Labute approximate surface area is 182 Å². The van der Waals surface area contributed by atoms with Crippen molar-refractivity contribution in [3.63, 3.8) is 0 Å². The summed E-state index contributed by atoms with van der Waals surface area (Å²) in [7, 11) is -2.13. The number of aliphatic hydroxyl groups excluding tert-OH is 1. The van der Waals surface area contributed by atoms with Crippen molar-refractivity contribution in [3.8, 4) is 5.75 Å². The third-order valence-corrected chi connectivity index (χ3v) is 6.71. The first-order valence-electron chi connectivity index (χ1n) is 9.52. The van der Waals surface area contributed by atoms with Crippen LogP contribution in [0.1, 0.15) is 17.2 Å². The van der Waals surface area contributed by atoms with Gasteiger partial charge in [0.25, 0.3) is 0 Å². The minimum Gasteiger partial charge on any atom is -0.497 e. The van der Waals surface area contributed by atoms with Crippen molar-refractivity contribution < 1.29 is 18.3 Å². The molecule has 7 heteroatoms. The van der Waals surface area contributed by atoms with Crippen LogP contribution in [0.25, 0.3) is 0 Å². The van der Waals surface area contributed by atoms with Gasteiger partial charge in [-0.25, -0.2) is 8.42 Å². The topological polar surface area (TPSA) is 75.6 Å². The Kier molecular flexibility index (Phi) is 7.50. The molecule has 0 aliphatic carbocycles. The second kappa shape index (κ2) is 10.1. The minimum atomic E-state index is -3.63. The molecule has 158 valence electrons. The molecular formula is C23H24ClNO4S. The van der Waals surface area contributed by atoms with Gasteiger partial charge in [-0.2, -0.15) is 0 Å². The number of rotatable bonds is 9. The number of methoxy groups -OCH3 is 1. The highest BCUT2D eigenvalue weighted by atomic mass is 35.5. The van der Waals surface area contributed by atoms with Gasteiger partial charge in [0.05, 0.1) is 23.0 Å². The molecule has 0 amide bonds. The molecule has 5 nitrogen and oxygen atoms in total. The van der Waals surface area contributed by atoms with Gasteiger partial charge in [0.15, 0.2) is 0 Å². The summed E-state index contributed by atoms with van der Waals surface area (Å²) in [5.74, 6) is 0.495. The Balaban J connectivity index is 1.61. The average Bonchev–Trinajstić information content (AvgIpc) is 2.77. The van der Waals surface area contributed by atoms with Crippen LogP contribution >= 0.6 is 11.6 Å². The monoisotopic (exact) mass is 445 g/mol. The smallest absolute Gasteiger partial charge is 0.206 e. The van der Waals surface area contributed by atoms with Gasteiger partial charge in [-0.15, -0.1) is 0 Å². The van der Waals surface area contributed by atoms with Crippen molar-refractivity contribution in [2.45, 2.75) is 22.3 Å². The lowest BCUT2D eigenvalue weighted by Gasteiger charge is -2.13. The molecule has 30 heavy (non-hydrogen) atoms. The zero-order valence-electron chi connectivity index (χ0n) is 16.6. The number of nitrogens with one attached hydrogen (secondary N) is 1. The van der Waals surface area contributed by atoms with Crippen LogP contribution in [-0.2, 0) is 16.3 Å². The van der Waals surface area contributed by atoms with E-state index in [1.807, 2.05) is 12.1 Å². The van der Waals surface area contributed by atoms with Crippen LogP contribution in [0.4, 0.5) is 0 Å². The third-order valence-electron chi connectivity index (χ3n) is 4.72. The van der Waals surface area contributed by atoms with Crippen LogP contribution in [0.15, 0.2) is 82.6 Å². The quantitative estimate of drug-likeness (QED) is 0.486. The number of aliphatic hydroxyl groups is 1. The van der Waals surface area contributed by atoms with Gasteiger partial charge in [0.1, 0.15) is 5.75 Å². The average molecular weight is 446 g/mol. The van der Waals surface area contributed by atoms with Crippen molar-refractivity contribution >= 4 is 21.4 Å². The Morgan fingerprint density at radius 3 is 2.43 bits per heavy atom. The Morgan fingerprint density at radius 2 is 1.70 bits per heavy atom. The molecule has 0 fully saturated rings. The molecule has 3 rings (SSSR count). The molecule has 0 saturated carbocycles. The van der Waals surface area contributed by atoms with E-state index >= 15 is 0 Å². The highest BCUT2D eigenvalue weighted by molar-refractivity contribution is 7.91. The molecule has 0 radical (unpaired) electrons. The van der Waals surface area contributed by atoms with Crippen molar-refractivity contribution in [2.24, 2.45) is 0 Å². The van der Waals surface area contributed by atoms with E-state index in [1.165, 1.54) is 13.2 Å². The van der Waals surface area contributed by atoms with Crippen LogP contribution in [0, 0.1) is 0 Å². The molecule has 0 aliphatic heterocycles. The standard InChI is InChI=1S/C23H24ClNO4S/c1-29-20-8-4-10-22(15-20)30(27,28)21-9-2-5-17(13-21)11-12-25-16-23(26)18-6-3-7-19(24)14-18/h2-10,13-15,23,25-26H,11-12,16H2,1H3/t23-/m0/s1. The van der Waals surface area contributed by atoms with E-state index < -0.39 is 15.9 Å². The van der Waals surface area contributed by atoms with Crippen LogP contribution in [-0.4, -0.2) is 33.7 Å². The zero-order valence-corrected chi connectivity index (χ0v) is 18.2. The number of ether oxygens (including phenoxy) is 1. The summed E-state index contributed by atoms with van der Waals surface area (Å²) in [5, 5.41) is 14.0. The predicted molar refractivity (Wildman–Crippen MR) is 118 cm³/mol. The molecule has 1 atom stereocenters. The maximum atomic E-state index is 12.9. The third kappa shape index (κ3) is 5.61. The normalized spacial score (nSPS) is 12.5. The summed E-state index contributed by atoms with van der Waals surface area (Å²) in [5.41, 5.74) is 1.64. The summed E-state index contributed by atoms with van der Waals surface area (Å²) < 4.78 is 31.0. The largest absolute Gasteiger partial charge is 0.497 e. The van der Waals surface area contributed by atoms with Gasteiger partial charge in [0, 0.05) is 11.6 Å². The van der Waals surface area contributed by atoms with Crippen LogP contribution in [0.3, 0.4) is 0 Å². The van der Waals surface area contributed by atoms with Gasteiger partial charge in [-0.1, -0.05) is 41.9 Å². The molecule has 0 aliphatic rings. The van der Waals surface area contributed by atoms with E-state index in [0.29, 0.717) is 30.3 Å². The van der Waals surface area contributed by atoms with Crippen molar-refractivity contribution in [1.29, 1.82) is 0 Å². The van der Waals surface area contributed by atoms with E-state index in [2.05, 4.69) is 5.32 Å². The van der Waals surface area contributed by atoms with E-state index in [9.17, 15) is 13.5 Å². The molecule has 2 N–H and O–H groups in total.